The van der Waals surface area contributed by atoms with Gasteiger partial charge in [0.15, 0.2) is 0 Å². The van der Waals surface area contributed by atoms with Gasteiger partial charge in [-0.1, -0.05) is 30.3 Å². The zero-order valence-electron chi connectivity index (χ0n) is 14.3. The van der Waals surface area contributed by atoms with E-state index < -0.39 is 0 Å². The number of pyridine rings is 1. The lowest BCUT2D eigenvalue weighted by Crippen LogP contribution is -2.38. The van der Waals surface area contributed by atoms with Crippen LogP contribution in [0, 0.1) is 12.7 Å². The fraction of sp³-hybridized carbons (Fsp3) is 0.286. The number of hydrogen-bond acceptors (Lipinski definition) is 3. The number of morpholine rings is 1. The molecule has 0 amide bonds. The van der Waals surface area contributed by atoms with E-state index in [1.54, 1.807) is 6.07 Å². The van der Waals surface area contributed by atoms with Crippen molar-refractivity contribution < 1.29 is 9.13 Å². The van der Waals surface area contributed by atoms with E-state index in [-0.39, 0.29) is 11.9 Å². The third-order valence-electron chi connectivity index (χ3n) is 4.76. The Bertz CT molecular complexity index is 896. The molecule has 2 heterocycles. The summed E-state index contributed by atoms with van der Waals surface area (Å²) in [6.45, 7) is 5.10. The van der Waals surface area contributed by atoms with E-state index >= 15 is 0 Å². The normalized spacial score (nSPS) is 18.6. The smallest absolute Gasteiger partial charge is 0.129 e. The summed E-state index contributed by atoms with van der Waals surface area (Å²) in [5.74, 6) is -0.193. The predicted octanol–water partition coefficient (Wildman–Crippen LogP) is 4.26. The first-order chi connectivity index (χ1) is 12.2. The number of hydrogen-bond donors (Lipinski definition) is 0. The van der Waals surface area contributed by atoms with Gasteiger partial charge < -0.3 is 4.74 Å². The van der Waals surface area contributed by atoms with Crippen LogP contribution in [0.25, 0.3) is 10.9 Å². The molecular weight excluding hydrogens is 315 g/mol. The molecule has 0 spiro atoms. The van der Waals surface area contributed by atoms with Crippen LogP contribution in [0.3, 0.4) is 0 Å². The molecule has 25 heavy (non-hydrogen) atoms. The van der Waals surface area contributed by atoms with E-state index in [0.717, 1.165) is 24.0 Å². The molecule has 1 saturated heterocycles. The lowest BCUT2D eigenvalue weighted by atomic mass is 10.0. The Labute approximate surface area is 147 Å². The first kappa shape index (κ1) is 16.2. The maximum absolute atomic E-state index is 14.1. The molecule has 1 aromatic heterocycles. The minimum Gasteiger partial charge on any atom is -0.371 e. The van der Waals surface area contributed by atoms with Crippen LogP contribution in [-0.4, -0.2) is 29.6 Å². The molecule has 1 fully saturated rings. The van der Waals surface area contributed by atoms with Crippen molar-refractivity contribution in [1.29, 1.82) is 0 Å². The van der Waals surface area contributed by atoms with E-state index in [9.17, 15) is 4.39 Å². The highest BCUT2D eigenvalue weighted by Crippen LogP contribution is 2.26. The second kappa shape index (κ2) is 6.90. The first-order valence-corrected chi connectivity index (χ1v) is 8.63. The number of fused-ring (bicyclic) bond motifs is 1. The lowest BCUT2D eigenvalue weighted by Gasteiger charge is -2.33. The van der Waals surface area contributed by atoms with Crippen molar-refractivity contribution in [3.63, 3.8) is 0 Å². The average molecular weight is 336 g/mol. The molecule has 128 valence electrons. The molecule has 1 atom stereocenters. The van der Waals surface area contributed by atoms with Crippen LogP contribution in [-0.2, 0) is 11.3 Å². The lowest BCUT2D eigenvalue weighted by molar-refractivity contribution is -0.0344. The maximum Gasteiger partial charge on any atom is 0.129 e. The SMILES string of the molecule is Cc1cc(CN2CCOC(c3ccccc3F)C2)cc2cccnc12. The molecule has 2 aromatic carbocycles. The summed E-state index contributed by atoms with van der Waals surface area (Å²) in [5, 5.41) is 1.16. The van der Waals surface area contributed by atoms with Crippen molar-refractivity contribution in [3.05, 3.63) is 77.2 Å². The second-order valence-electron chi connectivity index (χ2n) is 6.60. The van der Waals surface area contributed by atoms with Gasteiger partial charge >= 0.3 is 0 Å². The fourth-order valence-corrected chi connectivity index (χ4v) is 3.57. The van der Waals surface area contributed by atoms with Crippen molar-refractivity contribution in [2.45, 2.75) is 19.6 Å². The molecule has 4 heteroatoms. The van der Waals surface area contributed by atoms with Gasteiger partial charge in [-0.2, -0.15) is 0 Å². The van der Waals surface area contributed by atoms with Crippen LogP contribution in [0.15, 0.2) is 54.7 Å². The molecule has 0 saturated carbocycles. The summed E-state index contributed by atoms with van der Waals surface area (Å²) >= 11 is 0. The van der Waals surface area contributed by atoms with Crippen LogP contribution in [0.5, 0.6) is 0 Å². The predicted molar refractivity (Wildman–Crippen MR) is 96.9 cm³/mol. The Morgan fingerprint density at radius 2 is 2.08 bits per heavy atom. The summed E-state index contributed by atoms with van der Waals surface area (Å²) < 4.78 is 19.9. The molecule has 1 unspecified atom stereocenters. The van der Waals surface area contributed by atoms with Gasteiger partial charge in [0.2, 0.25) is 0 Å². The van der Waals surface area contributed by atoms with Gasteiger partial charge in [0.25, 0.3) is 0 Å². The summed E-state index contributed by atoms with van der Waals surface area (Å²) in [4.78, 5) is 6.79. The zero-order valence-corrected chi connectivity index (χ0v) is 14.3. The van der Waals surface area contributed by atoms with Gasteiger partial charge in [0.1, 0.15) is 5.82 Å². The summed E-state index contributed by atoms with van der Waals surface area (Å²) in [7, 11) is 0. The number of halogens is 1. The summed E-state index contributed by atoms with van der Waals surface area (Å²) in [6.07, 6.45) is 1.62. The van der Waals surface area contributed by atoms with Gasteiger partial charge in [0.05, 0.1) is 18.2 Å². The zero-order chi connectivity index (χ0) is 17.2. The molecule has 1 aliphatic rings. The molecule has 0 bridgehead atoms. The van der Waals surface area contributed by atoms with Gasteiger partial charge in [-0.25, -0.2) is 4.39 Å². The van der Waals surface area contributed by atoms with E-state index in [4.69, 9.17) is 4.74 Å². The van der Waals surface area contributed by atoms with Crippen LogP contribution in [0.2, 0.25) is 0 Å². The number of aromatic nitrogens is 1. The number of rotatable bonds is 3. The highest BCUT2D eigenvalue weighted by molar-refractivity contribution is 5.82. The molecule has 3 aromatic rings. The molecule has 0 N–H and O–H groups in total. The van der Waals surface area contributed by atoms with Gasteiger partial charge in [-0.15, -0.1) is 0 Å². The molecule has 4 rings (SSSR count). The summed E-state index contributed by atoms with van der Waals surface area (Å²) in [5.41, 5.74) is 4.14. The standard InChI is InChI=1S/C21H21FN2O/c1-15-11-16(12-17-5-4-8-23-21(15)17)13-24-9-10-25-20(14-24)18-6-2-3-7-19(18)22/h2-8,11-12,20H,9-10,13-14H2,1H3. The Morgan fingerprint density at radius 3 is 2.96 bits per heavy atom. The van der Waals surface area contributed by atoms with Gasteiger partial charge in [-0.05, 0) is 36.2 Å². The Morgan fingerprint density at radius 1 is 1.20 bits per heavy atom. The topological polar surface area (TPSA) is 25.4 Å². The molecule has 3 nitrogen and oxygen atoms in total. The van der Waals surface area contributed by atoms with Crippen molar-refractivity contribution in [2.75, 3.05) is 19.7 Å². The third kappa shape index (κ3) is 3.41. The Kier molecular flexibility index (Phi) is 4.47. The second-order valence-corrected chi connectivity index (χ2v) is 6.60. The van der Waals surface area contributed by atoms with Crippen molar-refractivity contribution in [2.24, 2.45) is 0 Å². The maximum atomic E-state index is 14.1. The first-order valence-electron chi connectivity index (χ1n) is 8.63. The molecule has 1 aliphatic heterocycles. The van der Waals surface area contributed by atoms with Gasteiger partial charge in [0, 0.05) is 36.8 Å². The average Bonchev–Trinajstić information content (AvgIpc) is 2.62. The third-order valence-corrected chi connectivity index (χ3v) is 4.76. The van der Waals surface area contributed by atoms with Crippen LogP contribution in [0.4, 0.5) is 4.39 Å². The summed E-state index contributed by atoms with van der Waals surface area (Å²) in [6, 6.07) is 15.3. The van der Waals surface area contributed by atoms with Crippen molar-refractivity contribution in [3.8, 4) is 0 Å². The van der Waals surface area contributed by atoms with E-state index in [1.165, 1.54) is 17.2 Å². The largest absolute Gasteiger partial charge is 0.371 e. The van der Waals surface area contributed by atoms with E-state index in [1.807, 2.05) is 24.4 Å². The fourth-order valence-electron chi connectivity index (χ4n) is 3.57. The van der Waals surface area contributed by atoms with Gasteiger partial charge in [-0.3, -0.25) is 9.88 Å². The highest BCUT2D eigenvalue weighted by Gasteiger charge is 2.24. The quantitative estimate of drug-likeness (QED) is 0.715. The minimum absolute atomic E-state index is 0.193. The molecule has 0 aliphatic carbocycles. The Hall–Kier alpha value is -2.30. The highest BCUT2D eigenvalue weighted by atomic mass is 19.1. The number of aryl methyl sites for hydroxylation is 1. The van der Waals surface area contributed by atoms with Crippen molar-refractivity contribution in [1.82, 2.24) is 9.88 Å². The molecule has 0 radical (unpaired) electrons. The van der Waals surface area contributed by atoms with Crippen LogP contribution >= 0.6 is 0 Å². The minimum atomic E-state index is -0.210. The van der Waals surface area contributed by atoms with E-state index in [0.29, 0.717) is 18.7 Å². The molecular formula is C21H21FN2O. The van der Waals surface area contributed by atoms with Crippen LogP contribution in [0.1, 0.15) is 22.8 Å². The van der Waals surface area contributed by atoms with Crippen LogP contribution < -0.4 is 0 Å². The van der Waals surface area contributed by atoms with E-state index in [2.05, 4.69) is 35.0 Å². The number of ether oxygens (including phenoxy) is 1. The monoisotopic (exact) mass is 336 g/mol. The number of nitrogens with zero attached hydrogens (tertiary/aromatic N) is 2. The van der Waals surface area contributed by atoms with Crippen molar-refractivity contribution >= 4 is 10.9 Å². The Balaban J connectivity index is 1.54. The number of benzene rings is 2.